The fraction of sp³-hybridized carbons (Fsp3) is 0.529. The number of hydrogen-bond donors (Lipinski definition) is 3. The van der Waals surface area contributed by atoms with Crippen LogP contribution in [0.25, 0.3) is 0 Å². The number of halogens is 1. The van der Waals surface area contributed by atoms with E-state index >= 15 is 0 Å². The average molecular weight is 401 g/mol. The van der Waals surface area contributed by atoms with Crippen LogP contribution in [0.5, 0.6) is 5.75 Å². The van der Waals surface area contributed by atoms with Crippen molar-refractivity contribution in [2.24, 2.45) is 0 Å². The molecule has 134 valence electrons. The Hall–Kier alpha value is -1.76. The van der Waals surface area contributed by atoms with Crippen LogP contribution in [0.4, 0.5) is 4.79 Å². The minimum absolute atomic E-state index is 0.0823. The standard InChI is InChI=1S/C17H25BrN2O4/c1-17(2,3)12-5-6-14(13(18)11-12)24-10-4-8-19-16(23)20-9-7-15(21)22/h5-6,11H,4,7-10H2,1-3H3,(H,21,22)(H2,19,20,23). The third-order valence-electron chi connectivity index (χ3n) is 3.29. The minimum atomic E-state index is -0.938. The summed E-state index contributed by atoms with van der Waals surface area (Å²) in [4.78, 5) is 21.7. The van der Waals surface area contributed by atoms with Crippen molar-refractivity contribution < 1.29 is 19.4 Å². The Balaban J connectivity index is 2.26. The van der Waals surface area contributed by atoms with Gasteiger partial charge in [0.1, 0.15) is 5.75 Å². The molecule has 2 amide bonds. The van der Waals surface area contributed by atoms with Crippen LogP contribution < -0.4 is 15.4 Å². The van der Waals surface area contributed by atoms with Crippen LogP contribution in [-0.4, -0.2) is 36.8 Å². The quantitative estimate of drug-likeness (QED) is 0.584. The van der Waals surface area contributed by atoms with Gasteiger partial charge in [-0.1, -0.05) is 26.8 Å². The number of nitrogens with one attached hydrogen (secondary N) is 2. The van der Waals surface area contributed by atoms with Gasteiger partial charge >= 0.3 is 12.0 Å². The third-order valence-corrected chi connectivity index (χ3v) is 3.91. The summed E-state index contributed by atoms with van der Waals surface area (Å²) in [7, 11) is 0. The van der Waals surface area contributed by atoms with Gasteiger partial charge < -0.3 is 20.5 Å². The Morgan fingerprint density at radius 3 is 2.46 bits per heavy atom. The number of carboxylic acid groups (broad SMARTS) is 1. The van der Waals surface area contributed by atoms with Crippen LogP contribution in [0.3, 0.4) is 0 Å². The molecule has 0 atom stereocenters. The molecule has 0 unspecified atom stereocenters. The van der Waals surface area contributed by atoms with Gasteiger partial charge in [-0.2, -0.15) is 0 Å². The molecule has 0 aliphatic rings. The maximum atomic E-state index is 11.4. The van der Waals surface area contributed by atoms with Crippen molar-refractivity contribution in [1.29, 1.82) is 0 Å². The van der Waals surface area contributed by atoms with Gasteiger partial charge in [-0.05, 0) is 45.5 Å². The van der Waals surface area contributed by atoms with E-state index in [4.69, 9.17) is 9.84 Å². The number of urea groups is 1. The Morgan fingerprint density at radius 1 is 1.21 bits per heavy atom. The second kappa shape index (κ2) is 9.52. The highest BCUT2D eigenvalue weighted by Crippen LogP contribution is 2.31. The normalized spacial score (nSPS) is 11.0. The number of carbonyl (C=O) groups excluding carboxylic acids is 1. The summed E-state index contributed by atoms with van der Waals surface area (Å²) >= 11 is 3.52. The lowest BCUT2D eigenvalue weighted by Gasteiger charge is -2.20. The first kappa shape index (κ1) is 20.3. The van der Waals surface area contributed by atoms with Crippen LogP contribution in [0.1, 0.15) is 39.2 Å². The van der Waals surface area contributed by atoms with Crippen molar-refractivity contribution in [2.75, 3.05) is 19.7 Å². The van der Waals surface area contributed by atoms with Gasteiger partial charge in [0.2, 0.25) is 0 Å². The molecule has 0 fully saturated rings. The van der Waals surface area contributed by atoms with Crippen molar-refractivity contribution in [3.63, 3.8) is 0 Å². The molecular weight excluding hydrogens is 376 g/mol. The van der Waals surface area contributed by atoms with E-state index in [0.717, 1.165) is 10.2 Å². The Kier molecular flexibility index (Phi) is 8.04. The third kappa shape index (κ3) is 7.68. The number of hydrogen-bond acceptors (Lipinski definition) is 3. The number of benzene rings is 1. The Bertz CT molecular complexity index is 570. The smallest absolute Gasteiger partial charge is 0.314 e. The maximum Gasteiger partial charge on any atom is 0.314 e. The highest BCUT2D eigenvalue weighted by molar-refractivity contribution is 9.10. The molecule has 6 nitrogen and oxygen atoms in total. The molecule has 0 spiro atoms. The molecule has 7 heteroatoms. The number of carbonyl (C=O) groups is 2. The number of amides is 2. The largest absolute Gasteiger partial charge is 0.492 e. The molecule has 3 N–H and O–H groups in total. The van der Waals surface area contributed by atoms with Gasteiger partial charge in [0.15, 0.2) is 0 Å². The summed E-state index contributed by atoms with van der Waals surface area (Å²) in [5.74, 6) is -0.166. The molecule has 24 heavy (non-hydrogen) atoms. The van der Waals surface area contributed by atoms with E-state index < -0.39 is 5.97 Å². The second-order valence-electron chi connectivity index (χ2n) is 6.42. The molecule has 1 aromatic rings. The molecule has 1 aromatic carbocycles. The molecule has 0 heterocycles. The lowest BCUT2D eigenvalue weighted by atomic mass is 9.87. The number of aliphatic carboxylic acids is 1. The van der Waals surface area contributed by atoms with Gasteiger partial charge in [0.05, 0.1) is 17.5 Å². The van der Waals surface area contributed by atoms with E-state index in [-0.39, 0.29) is 24.4 Å². The molecule has 1 rings (SSSR count). The summed E-state index contributed by atoms with van der Waals surface area (Å²) in [6.45, 7) is 7.51. The van der Waals surface area contributed by atoms with Gasteiger partial charge in [-0.15, -0.1) is 0 Å². The SMILES string of the molecule is CC(C)(C)c1ccc(OCCCNC(=O)NCCC(=O)O)c(Br)c1. The zero-order chi connectivity index (χ0) is 18.2. The predicted molar refractivity (Wildman–Crippen MR) is 96.6 cm³/mol. The van der Waals surface area contributed by atoms with Gasteiger partial charge in [-0.3, -0.25) is 4.79 Å². The number of carboxylic acids is 1. The molecule has 0 saturated carbocycles. The molecule has 0 radical (unpaired) electrons. The number of ether oxygens (including phenoxy) is 1. The van der Waals surface area contributed by atoms with E-state index in [2.05, 4.69) is 53.4 Å². The molecule has 0 aromatic heterocycles. The summed E-state index contributed by atoms with van der Waals surface area (Å²) < 4.78 is 6.61. The lowest BCUT2D eigenvalue weighted by Crippen LogP contribution is -2.37. The Morgan fingerprint density at radius 2 is 1.88 bits per heavy atom. The predicted octanol–water partition coefficient (Wildman–Crippen LogP) is 3.29. The first-order chi connectivity index (χ1) is 11.2. The second-order valence-corrected chi connectivity index (χ2v) is 7.28. The molecular formula is C17H25BrN2O4. The fourth-order valence-electron chi connectivity index (χ4n) is 1.89. The first-order valence-electron chi connectivity index (χ1n) is 7.86. The van der Waals surface area contributed by atoms with E-state index in [1.54, 1.807) is 0 Å². The summed E-state index contributed by atoms with van der Waals surface area (Å²) in [6.07, 6.45) is 0.564. The van der Waals surface area contributed by atoms with Gasteiger partial charge in [0.25, 0.3) is 0 Å². The fourth-order valence-corrected chi connectivity index (χ4v) is 2.38. The van der Waals surface area contributed by atoms with Crippen LogP contribution in [-0.2, 0) is 10.2 Å². The van der Waals surface area contributed by atoms with Crippen molar-refractivity contribution in [3.05, 3.63) is 28.2 Å². The van der Waals surface area contributed by atoms with Crippen LogP contribution in [0.2, 0.25) is 0 Å². The molecule has 0 bridgehead atoms. The zero-order valence-electron chi connectivity index (χ0n) is 14.3. The van der Waals surface area contributed by atoms with Crippen LogP contribution in [0.15, 0.2) is 22.7 Å². The average Bonchev–Trinajstić information content (AvgIpc) is 2.46. The minimum Gasteiger partial charge on any atom is -0.492 e. The van der Waals surface area contributed by atoms with E-state index in [0.29, 0.717) is 19.6 Å². The molecule has 0 aliphatic heterocycles. The number of rotatable bonds is 8. The zero-order valence-corrected chi connectivity index (χ0v) is 15.9. The van der Waals surface area contributed by atoms with Crippen LogP contribution >= 0.6 is 15.9 Å². The lowest BCUT2D eigenvalue weighted by molar-refractivity contribution is -0.136. The molecule has 0 aliphatic carbocycles. The van der Waals surface area contributed by atoms with E-state index in [9.17, 15) is 9.59 Å². The van der Waals surface area contributed by atoms with E-state index in [1.807, 2.05) is 12.1 Å². The van der Waals surface area contributed by atoms with Crippen molar-refractivity contribution in [3.8, 4) is 5.75 Å². The highest BCUT2D eigenvalue weighted by Gasteiger charge is 2.15. The topological polar surface area (TPSA) is 87.7 Å². The molecule has 0 saturated heterocycles. The summed E-state index contributed by atoms with van der Waals surface area (Å²) in [5.41, 5.74) is 1.31. The van der Waals surface area contributed by atoms with Crippen molar-refractivity contribution in [2.45, 2.75) is 39.0 Å². The first-order valence-corrected chi connectivity index (χ1v) is 8.66. The maximum absolute atomic E-state index is 11.4. The highest BCUT2D eigenvalue weighted by atomic mass is 79.9. The van der Waals surface area contributed by atoms with Gasteiger partial charge in [0, 0.05) is 13.1 Å². The van der Waals surface area contributed by atoms with Crippen LogP contribution in [0, 0.1) is 0 Å². The van der Waals surface area contributed by atoms with E-state index in [1.165, 1.54) is 5.56 Å². The monoisotopic (exact) mass is 400 g/mol. The van der Waals surface area contributed by atoms with Crippen molar-refractivity contribution in [1.82, 2.24) is 10.6 Å². The van der Waals surface area contributed by atoms with Crippen molar-refractivity contribution >= 4 is 27.9 Å². The van der Waals surface area contributed by atoms with Gasteiger partial charge in [-0.25, -0.2) is 4.79 Å². The Labute approximate surface area is 151 Å². The summed E-state index contributed by atoms with van der Waals surface area (Å²) in [5, 5.41) is 13.6. The summed E-state index contributed by atoms with van der Waals surface area (Å²) in [6, 6.07) is 5.68.